The van der Waals surface area contributed by atoms with E-state index in [9.17, 15) is 0 Å². The Hall–Kier alpha value is -0.833. The number of pyridine rings is 1. The average Bonchev–Trinajstić information content (AvgIpc) is 2.84. The maximum atomic E-state index is 5.54. The van der Waals surface area contributed by atoms with Crippen LogP contribution in [-0.4, -0.2) is 16.3 Å². The molecule has 0 N–H and O–H groups in total. The molecule has 22 heavy (non-hydrogen) atoms. The third-order valence-electron chi connectivity index (χ3n) is 3.55. The van der Waals surface area contributed by atoms with Crippen molar-refractivity contribution in [2.75, 3.05) is 7.11 Å². The Morgan fingerprint density at radius 3 is 2.41 bits per heavy atom. The Labute approximate surface area is 152 Å². The van der Waals surface area contributed by atoms with Crippen LogP contribution in [0.3, 0.4) is 0 Å². The Kier molecular flexibility index (Phi) is 5.70. The van der Waals surface area contributed by atoms with E-state index in [1.54, 1.807) is 31.3 Å². The fourth-order valence-electron chi connectivity index (χ4n) is 2.37. The number of rotatable bonds is 3. The molecule has 108 valence electrons. The van der Waals surface area contributed by atoms with E-state index >= 15 is 0 Å². The van der Waals surface area contributed by atoms with Crippen LogP contribution < -0.4 is 23.6 Å². The van der Waals surface area contributed by atoms with Crippen molar-refractivity contribution in [3.05, 3.63) is 65.2 Å². The van der Waals surface area contributed by atoms with Gasteiger partial charge in [-0.2, -0.15) is 0 Å². The fraction of sp³-hybridized carbons (Fsp3) is 0.250. The smallest absolute Gasteiger partial charge is 0.632 e. The molecule has 6 heteroatoms. The molecular weight excluding hydrogens is 307 g/mol. The van der Waals surface area contributed by atoms with Crippen LogP contribution in [0.15, 0.2) is 48.8 Å². The molecule has 1 aromatic carbocycles. The first-order valence-corrected chi connectivity index (χ1v) is 7.84. The average molecular weight is 322 g/mol. The van der Waals surface area contributed by atoms with Crippen LogP contribution in [0.25, 0.3) is 5.32 Å². The molecule has 3 rings (SSSR count). The normalized spacial score (nSPS) is 23.9. The summed E-state index contributed by atoms with van der Waals surface area (Å²) >= 11 is 7.19. The molecule has 2 aromatic rings. The van der Waals surface area contributed by atoms with E-state index in [1.165, 1.54) is 0 Å². The number of nitrogens with zero attached hydrogens (tertiary/aromatic N) is 2. The Bertz CT molecular complexity index is 651. The summed E-state index contributed by atoms with van der Waals surface area (Å²) in [5.74, 6) is 0.846. The molecule has 2 atom stereocenters. The zero-order valence-electron chi connectivity index (χ0n) is 12.8. The Balaban J connectivity index is 0.00000176. The first-order valence-electron chi connectivity index (χ1n) is 6.62. The van der Waals surface area contributed by atoms with Crippen molar-refractivity contribution in [1.29, 1.82) is 0 Å². The van der Waals surface area contributed by atoms with Crippen LogP contribution in [0, 0.1) is 0 Å². The predicted octanol–water partition coefficient (Wildman–Crippen LogP) is 1.46. The van der Waals surface area contributed by atoms with Crippen molar-refractivity contribution < 1.29 is 23.6 Å². The number of methoxy groups -OCH3 is 1. The quantitative estimate of drug-likeness (QED) is 0.633. The van der Waals surface area contributed by atoms with Crippen LogP contribution in [0.5, 0.6) is 5.75 Å². The fourth-order valence-corrected chi connectivity index (χ4v) is 4.15. The summed E-state index contributed by atoms with van der Waals surface area (Å²) in [6, 6.07) is 11.9. The summed E-state index contributed by atoms with van der Waals surface area (Å²) in [6.07, 6.45) is 3.56. The van der Waals surface area contributed by atoms with Gasteiger partial charge in [0.05, 0.1) is 7.11 Å². The van der Waals surface area contributed by atoms with Crippen molar-refractivity contribution in [2.24, 2.45) is 0 Å². The Morgan fingerprint density at radius 1 is 1.18 bits per heavy atom. The van der Waals surface area contributed by atoms with E-state index in [1.807, 2.05) is 36.4 Å². The SMILES string of the molecule is COc1ccc(C2(C)[N-]C(c3ccncc3)C(=S)S2)cc1.[Li+]. The standard InChI is InChI=1S/C16H15N2OS2.Li/c1-16(12-3-5-13(19-2)6-4-12)18-14(15(20)21-16)11-7-9-17-10-8-11;/h3-10,14H,1-2H3;/q-1;+1. The number of hydrogen-bond donors (Lipinski definition) is 0. The topological polar surface area (TPSA) is 36.2 Å². The van der Waals surface area contributed by atoms with Gasteiger partial charge in [0.2, 0.25) is 0 Å². The minimum absolute atomic E-state index is 0. The number of hydrogen-bond acceptors (Lipinski definition) is 4. The zero-order valence-corrected chi connectivity index (χ0v) is 14.4. The van der Waals surface area contributed by atoms with E-state index in [4.69, 9.17) is 22.3 Å². The van der Waals surface area contributed by atoms with Gasteiger partial charge in [-0.15, -0.1) is 11.8 Å². The second kappa shape index (κ2) is 7.16. The van der Waals surface area contributed by atoms with Crippen LogP contribution >= 0.6 is 24.0 Å². The van der Waals surface area contributed by atoms with E-state index in [-0.39, 0.29) is 29.8 Å². The third-order valence-corrected chi connectivity index (χ3v) is 5.18. The van der Waals surface area contributed by atoms with Gasteiger partial charge in [-0.1, -0.05) is 48.4 Å². The van der Waals surface area contributed by atoms with E-state index in [2.05, 4.69) is 11.9 Å². The minimum Gasteiger partial charge on any atom is -0.632 e. The molecule has 0 amide bonds. The number of ether oxygens (including phenoxy) is 1. The molecule has 0 bridgehead atoms. The van der Waals surface area contributed by atoms with Crippen molar-refractivity contribution in [3.8, 4) is 5.75 Å². The minimum atomic E-state index is -0.350. The number of thioether (sulfide) groups is 1. The number of aromatic nitrogens is 1. The van der Waals surface area contributed by atoms with Crippen molar-refractivity contribution >= 4 is 28.2 Å². The van der Waals surface area contributed by atoms with Gasteiger partial charge < -0.3 is 10.1 Å². The molecule has 1 aliphatic heterocycles. The van der Waals surface area contributed by atoms with Gasteiger partial charge in [0.1, 0.15) is 5.75 Å². The molecule has 1 fully saturated rings. The van der Waals surface area contributed by atoms with Gasteiger partial charge in [-0.3, -0.25) is 4.98 Å². The van der Waals surface area contributed by atoms with Crippen LogP contribution in [0.4, 0.5) is 0 Å². The van der Waals surface area contributed by atoms with Gasteiger partial charge in [0, 0.05) is 16.6 Å². The number of benzene rings is 1. The molecule has 0 aliphatic carbocycles. The summed E-state index contributed by atoms with van der Waals surface area (Å²) in [6.45, 7) is 2.10. The third kappa shape index (κ3) is 3.39. The predicted molar refractivity (Wildman–Crippen MR) is 90.9 cm³/mol. The zero-order chi connectivity index (χ0) is 14.9. The summed E-state index contributed by atoms with van der Waals surface area (Å²) < 4.78 is 6.11. The van der Waals surface area contributed by atoms with E-state index in [0.717, 1.165) is 21.1 Å². The molecule has 1 aromatic heterocycles. The second-order valence-electron chi connectivity index (χ2n) is 4.94. The molecule has 1 saturated heterocycles. The first kappa shape index (κ1) is 17.5. The molecule has 1 aliphatic rings. The van der Waals surface area contributed by atoms with Gasteiger partial charge in [0.25, 0.3) is 0 Å². The molecular formula is C16H15LiN2OS2. The van der Waals surface area contributed by atoms with Gasteiger partial charge in [-0.25, -0.2) is 0 Å². The molecule has 0 saturated carbocycles. The number of thiocarbonyl (C=S) groups is 1. The van der Waals surface area contributed by atoms with Crippen molar-refractivity contribution in [1.82, 2.24) is 4.98 Å². The van der Waals surface area contributed by atoms with Crippen molar-refractivity contribution in [2.45, 2.75) is 17.8 Å². The monoisotopic (exact) mass is 322 g/mol. The molecule has 0 spiro atoms. The van der Waals surface area contributed by atoms with Crippen LogP contribution in [0.2, 0.25) is 0 Å². The van der Waals surface area contributed by atoms with Gasteiger partial charge >= 0.3 is 18.9 Å². The molecule has 2 unspecified atom stereocenters. The summed E-state index contributed by atoms with van der Waals surface area (Å²) in [5.41, 5.74) is 2.23. The molecule has 2 heterocycles. The van der Waals surface area contributed by atoms with Gasteiger partial charge in [0.15, 0.2) is 0 Å². The van der Waals surface area contributed by atoms with E-state index < -0.39 is 0 Å². The summed E-state index contributed by atoms with van der Waals surface area (Å²) in [5, 5.41) is 4.95. The first-order chi connectivity index (χ1) is 10.1. The second-order valence-corrected chi connectivity index (χ2v) is 7.08. The van der Waals surface area contributed by atoms with E-state index in [0.29, 0.717) is 0 Å². The summed E-state index contributed by atoms with van der Waals surface area (Å²) in [7, 11) is 1.67. The Morgan fingerprint density at radius 2 is 1.82 bits per heavy atom. The maximum Gasteiger partial charge on any atom is 1.00 e. The van der Waals surface area contributed by atoms with Crippen molar-refractivity contribution in [3.63, 3.8) is 0 Å². The molecule has 3 nitrogen and oxygen atoms in total. The maximum absolute atomic E-state index is 5.54. The largest absolute Gasteiger partial charge is 1.00 e. The van der Waals surface area contributed by atoms with Crippen LogP contribution in [-0.2, 0) is 4.87 Å². The summed E-state index contributed by atoms with van der Waals surface area (Å²) in [4.78, 5) is 3.70. The molecule has 0 radical (unpaired) electrons. The van der Waals surface area contributed by atoms with Crippen LogP contribution in [0.1, 0.15) is 24.1 Å². The van der Waals surface area contributed by atoms with Gasteiger partial charge in [-0.05, 0) is 29.1 Å².